The molecule has 2 aromatic rings. The third-order valence-corrected chi connectivity index (χ3v) is 3.40. The summed E-state index contributed by atoms with van der Waals surface area (Å²) >= 11 is 0. The molecule has 0 unspecified atom stereocenters. The first-order valence-corrected chi connectivity index (χ1v) is 7.67. The Morgan fingerprint density at radius 2 is 1.65 bits per heavy atom. The topological polar surface area (TPSA) is 55.8 Å². The molecule has 0 amide bonds. The van der Waals surface area contributed by atoms with Crippen LogP contribution >= 0.6 is 0 Å². The van der Waals surface area contributed by atoms with Crippen LogP contribution in [0.1, 0.15) is 23.6 Å². The standard InChI is InChI=1S/C19H22O4/c1-4-22-16-7-5-15(6-8-16)12-18(19(20)21)23-17-10-13(2)9-14(3)11-17/h5-11,18H,4,12H2,1-3H3,(H,20,21)/t18-/m0/s1. The molecule has 0 aliphatic heterocycles. The first-order chi connectivity index (χ1) is 11.0. The van der Waals surface area contributed by atoms with E-state index < -0.39 is 12.1 Å². The van der Waals surface area contributed by atoms with E-state index in [2.05, 4.69) is 0 Å². The Morgan fingerprint density at radius 3 is 2.17 bits per heavy atom. The van der Waals surface area contributed by atoms with Crippen LogP contribution < -0.4 is 9.47 Å². The van der Waals surface area contributed by atoms with Crippen LogP contribution in [0.4, 0.5) is 0 Å². The Kier molecular flexibility index (Phi) is 5.63. The predicted octanol–water partition coefficient (Wildman–Crippen LogP) is 3.78. The predicted molar refractivity (Wildman–Crippen MR) is 89.3 cm³/mol. The van der Waals surface area contributed by atoms with Gasteiger partial charge in [-0.15, -0.1) is 0 Å². The number of carboxylic acid groups (broad SMARTS) is 1. The van der Waals surface area contributed by atoms with Crippen molar-refractivity contribution in [3.63, 3.8) is 0 Å². The van der Waals surface area contributed by atoms with Gasteiger partial charge in [0.2, 0.25) is 0 Å². The zero-order chi connectivity index (χ0) is 16.8. The third-order valence-electron chi connectivity index (χ3n) is 3.40. The van der Waals surface area contributed by atoms with Gasteiger partial charge in [-0.1, -0.05) is 18.2 Å². The van der Waals surface area contributed by atoms with Crippen LogP contribution in [0.15, 0.2) is 42.5 Å². The van der Waals surface area contributed by atoms with E-state index in [4.69, 9.17) is 9.47 Å². The fourth-order valence-corrected chi connectivity index (χ4v) is 2.45. The van der Waals surface area contributed by atoms with Gasteiger partial charge in [0.1, 0.15) is 11.5 Å². The molecule has 1 atom stereocenters. The molecular formula is C19H22O4. The number of ether oxygens (including phenoxy) is 2. The van der Waals surface area contributed by atoms with Crippen molar-refractivity contribution in [1.82, 2.24) is 0 Å². The van der Waals surface area contributed by atoms with Gasteiger partial charge in [0.15, 0.2) is 6.10 Å². The van der Waals surface area contributed by atoms with Crippen LogP contribution in [0.3, 0.4) is 0 Å². The van der Waals surface area contributed by atoms with Crippen molar-refractivity contribution in [2.75, 3.05) is 6.61 Å². The number of carbonyl (C=O) groups is 1. The summed E-state index contributed by atoms with van der Waals surface area (Å²) in [6.07, 6.45) is -0.622. The van der Waals surface area contributed by atoms with Crippen molar-refractivity contribution in [3.05, 3.63) is 59.2 Å². The molecule has 0 aromatic heterocycles. The molecule has 122 valence electrons. The highest BCUT2D eigenvalue weighted by Crippen LogP contribution is 2.20. The van der Waals surface area contributed by atoms with Gasteiger partial charge in [-0.05, 0) is 61.7 Å². The van der Waals surface area contributed by atoms with Gasteiger partial charge in [-0.3, -0.25) is 0 Å². The van der Waals surface area contributed by atoms with Crippen LogP contribution in [-0.2, 0) is 11.2 Å². The Labute approximate surface area is 136 Å². The molecule has 0 aliphatic rings. The summed E-state index contributed by atoms with van der Waals surface area (Å²) in [5.41, 5.74) is 2.99. The van der Waals surface area contributed by atoms with Crippen LogP contribution in [0.2, 0.25) is 0 Å². The molecule has 0 fully saturated rings. The molecule has 23 heavy (non-hydrogen) atoms. The smallest absolute Gasteiger partial charge is 0.345 e. The Bertz CT molecular complexity index is 641. The molecular weight excluding hydrogens is 292 g/mol. The summed E-state index contributed by atoms with van der Waals surface area (Å²) in [4.78, 5) is 11.5. The molecule has 0 saturated carbocycles. The number of hydrogen-bond donors (Lipinski definition) is 1. The molecule has 0 radical (unpaired) electrons. The average Bonchev–Trinajstić information content (AvgIpc) is 2.47. The lowest BCUT2D eigenvalue weighted by Gasteiger charge is -2.16. The fourth-order valence-electron chi connectivity index (χ4n) is 2.45. The highest BCUT2D eigenvalue weighted by Gasteiger charge is 2.20. The van der Waals surface area contributed by atoms with Gasteiger partial charge >= 0.3 is 5.97 Å². The minimum atomic E-state index is -0.974. The Balaban J connectivity index is 2.10. The monoisotopic (exact) mass is 314 g/mol. The average molecular weight is 314 g/mol. The number of aryl methyl sites for hydroxylation is 2. The normalized spacial score (nSPS) is 11.8. The second kappa shape index (κ2) is 7.68. The molecule has 2 rings (SSSR count). The number of hydrogen-bond acceptors (Lipinski definition) is 3. The molecule has 4 heteroatoms. The minimum absolute atomic E-state index is 0.300. The van der Waals surface area contributed by atoms with Gasteiger partial charge in [0.05, 0.1) is 6.61 Å². The zero-order valence-corrected chi connectivity index (χ0v) is 13.7. The molecule has 2 aromatic carbocycles. The van der Waals surface area contributed by atoms with Crippen molar-refractivity contribution in [2.45, 2.75) is 33.3 Å². The maximum absolute atomic E-state index is 11.5. The first kappa shape index (κ1) is 16.9. The van der Waals surface area contributed by atoms with Crippen LogP contribution in [0.5, 0.6) is 11.5 Å². The summed E-state index contributed by atoms with van der Waals surface area (Å²) in [5, 5.41) is 9.42. The van der Waals surface area contributed by atoms with E-state index in [1.807, 2.05) is 63.2 Å². The lowest BCUT2D eigenvalue weighted by atomic mass is 10.1. The highest BCUT2D eigenvalue weighted by molar-refractivity contribution is 5.73. The highest BCUT2D eigenvalue weighted by atomic mass is 16.5. The summed E-state index contributed by atoms with van der Waals surface area (Å²) in [7, 11) is 0. The molecule has 0 saturated heterocycles. The second-order valence-electron chi connectivity index (χ2n) is 5.55. The molecule has 0 bridgehead atoms. The number of rotatable bonds is 7. The minimum Gasteiger partial charge on any atom is -0.494 e. The second-order valence-corrected chi connectivity index (χ2v) is 5.55. The van der Waals surface area contributed by atoms with Gasteiger partial charge < -0.3 is 14.6 Å². The largest absolute Gasteiger partial charge is 0.494 e. The summed E-state index contributed by atoms with van der Waals surface area (Å²) in [6, 6.07) is 13.1. The quantitative estimate of drug-likeness (QED) is 0.845. The number of aliphatic carboxylic acids is 1. The van der Waals surface area contributed by atoms with Gasteiger partial charge in [-0.25, -0.2) is 4.79 Å². The van der Waals surface area contributed by atoms with E-state index >= 15 is 0 Å². The molecule has 4 nitrogen and oxygen atoms in total. The van der Waals surface area contributed by atoms with E-state index in [0.29, 0.717) is 18.8 Å². The van der Waals surface area contributed by atoms with Crippen LogP contribution in [0.25, 0.3) is 0 Å². The maximum Gasteiger partial charge on any atom is 0.345 e. The molecule has 0 spiro atoms. The summed E-state index contributed by atoms with van der Waals surface area (Å²) < 4.78 is 11.1. The lowest BCUT2D eigenvalue weighted by molar-refractivity contribution is -0.145. The molecule has 0 aliphatic carbocycles. The van der Waals surface area contributed by atoms with Crippen molar-refractivity contribution < 1.29 is 19.4 Å². The zero-order valence-electron chi connectivity index (χ0n) is 13.7. The van der Waals surface area contributed by atoms with Crippen molar-refractivity contribution in [3.8, 4) is 11.5 Å². The number of benzene rings is 2. The van der Waals surface area contributed by atoms with Gasteiger partial charge in [0.25, 0.3) is 0 Å². The van der Waals surface area contributed by atoms with Crippen molar-refractivity contribution in [2.24, 2.45) is 0 Å². The molecule has 1 N–H and O–H groups in total. The molecule has 0 heterocycles. The maximum atomic E-state index is 11.5. The lowest BCUT2D eigenvalue weighted by Crippen LogP contribution is -2.29. The first-order valence-electron chi connectivity index (χ1n) is 7.67. The Morgan fingerprint density at radius 1 is 1.04 bits per heavy atom. The van der Waals surface area contributed by atoms with Gasteiger partial charge in [0, 0.05) is 6.42 Å². The van der Waals surface area contributed by atoms with E-state index in [1.165, 1.54) is 0 Å². The summed E-state index contributed by atoms with van der Waals surface area (Å²) in [6.45, 7) is 6.45. The van der Waals surface area contributed by atoms with E-state index in [9.17, 15) is 9.90 Å². The Hall–Kier alpha value is -2.49. The summed E-state index contributed by atoms with van der Waals surface area (Å²) in [5.74, 6) is 0.386. The van der Waals surface area contributed by atoms with E-state index in [1.54, 1.807) is 0 Å². The van der Waals surface area contributed by atoms with Crippen LogP contribution in [-0.4, -0.2) is 23.8 Å². The van der Waals surface area contributed by atoms with Crippen molar-refractivity contribution in [1.29, 1.82) is 0 Å². The number of carboxylic acids is 1. The van der Waals surface area contributed by atoms with Crippen LogP contribution in [0, 0.1) is 13.8 Å². The van der Waals surface area contributed by atoms with Crippen molar-refractivity contribution >= 4 is 5.97 Å². The van der Waals surface area contributed by atoms with Gasteiger partial charge in [-0.2, -0.15) is 0 Å². The third kappa shape index (κ3) is 5.02. The van der Waals surface area contributed by atoms with E-state index in [0.717, 1.165) is 22.4 Å². The SMILES string of the molecule is CCOc1ccc(C[C@H](Oc2cc(C)cc(C)c2)C(=O)O)cc1. The fraction of sp³-hybridized carbons (Fsp3) is 0.316. The van der Waals surface area contributed by atoms with E-state index in [-0.39, 0.29) is 0 Å².